The summed E-state index contributed by atoms with van der Waals surface area (Å²) in [5, 5.41) is 2.70. The second-order valence-electron chi connectivity index (χ2n) is 5.75. The zero-order valence-corrected chi connectivity index (χ0v) is 15.9. The molecule has 0 bridgehead atoms. The van der Waals surface area contributed by atoms with Crippen LogP contribution in [0.1, 0.15) is 40.5 Å². The lowest BCUT2D eigenvalue weighted by atomic mass is 10.1. The molecular formula is C20H19F2NO4S. The Morgan fingerprint density at radius 1 is 1.07 bits per heavy atom. The maximum absolute atomic E-state index is 12.6. The first kappa shape index (κ1) is 21.6. The molecule has 5 nitrogen and oxygen atoms in total. The van der Waals surface area contributed by atoms with Crippen LogP contribution in [0.15, 0.2) is 53.4 Å². The third kappa shape index (κ3) is 6.45. The van der Waals surface area contributed by atoms with E-state index in [9.17, 15) is 23.2 Å². The van der Waals surface area contributed by atoms with Gasteiger partial charge in [-0.1, -0.05) is 30.8 Å². The predicted molar refractivity (Wildman–Crippen MR) is 103 cm³/mol. The molecule has 0 radical (unpaired) electrons. The lowest BCUT2D eigenvalue weighted by Crippen LogP contribution is -2.15. The molecule has 0 aliphatic carbocycles. The summed E-state index contributed by atoms with van der Waals surface area (Å²) in [4.78, 5) is 36.0. The van der Waals surface area contributed by atoms with E-state index in [1.54, 1.807) is 12.1 Å². The number of carbonyl (C=O) groups excluding carboxylic acids is 3. The molecule has 0 saturated heterocycles. The van der Waals surface area contributed by atoms with Crippen LogP contribution >= 0.6 is 11.8 Å². The molecule has 8 heteroatoms. The van der Waals surface area contributed by atoms with Crippen molar-refractivity contribution in [2.75, 3.05) is 11.9 Å². The zero-order valence-electron chi connectivity index (χ0n) is 15.1. The predicted octanol–water partition coefficient (Wildman–Crippen LogP) is 4.78. The number of alkyl halides is 2. The number of rotatable bonds is 9. The largest absolute Gasteiger partial charge is 0.454 e. The van der Waals surface area contributed by atoms with Gasteiger partial charge in [-0.05, 0) is 42.8 Å². The van der Waals surface area contributed by atoms with E-state index >= 15 is 0 Å². The van der Waals surface area contributed by atoms with Crippen molar-refractivity contribution in [3.8, 4) is 0 Å². The molecule has 148 valence electrons. The van der Waals surface area contributed by atoms with E-state index in [1.165, 1.54) is 36.4 Å². The van der Waals surface area contributed by atoms with E-state index in [1.807, 2.05) is 6.92 Å². The van der Waals surface area contributed by atoms with Gasteiger partial charge in [0.15, 0.2) is 12.4 Å². The molecule has 0 aliphatic rings. The lowest BCUT2D eigenvalue weighted by Gasteiger charge is -2.09. The first-order valence-corrected chi connectivity index (χ1v) is 9.42. The Labute approximate surface area is 165 Å². The third-order valence-electron chi connectivity index (χ3n) is 3.63. The van der Waals surface area contributed by atoms with Gasteiger partial charge in [-0.2, -0.15) is 8.78 Å². The van der Waals surface area contributed by atoms with Gasteiger partial charge in [0, 0.05) is 22.6 Å². The minimum absolute atomic E-state index is 0.0189. The second-order valence-corrected chi connectivity index (χ2v) is 6.78. The zero-order chi connectivity index (χ0) is 20.5. The SMILES string of the molecule is CCCC(=O)Nc1ccc(C(=O)COC(=O)c2ccccc2SC(F)F)cc1. The molecule has 28 heavy (non-hydrogen) atoms. The van der Waals surface area contributed by atoms with Crippen LogP contribution in [0.5, 0.6) is 0 Å². The quantitative estimate of drug-likeness (QED) is 0.368. The van der Waals surface area contributed by atoms with Crippen LogP contribution in [0.3, 0.4) is 0 Å². The molecule has 0 atom stereocenters. The summed E-state index contributed by atoms with van der Waals surface area (Å²) in [6.45, 7) is 1.38. The van der Waals surface area contributed by atoms with Gasteiger partial charge in [0.25, 0.3) is 5.76 Å². The highest BCUT2D eigenvalue weighted by Crippen LogP contribution is 2.28. The Morgan fingerprint density at radius 3 is 2.39 bits per heavy atom. The summed E-state index contributed by atoms with van der Waals surface area (Å²) in [7, 11) is 0. The topological polar surface area (TPSA) is 72.5 Å². The minimum Gasteiger partial charge on any atom is -0.454 e. The minimum atomic E-state index is -2.67. The average Bonchev–Trinajstić information content (AvgIpc) is 2.66. The standard InChI is InChI=1S/C20H19F2NO4S/c1-2-5-18(25)23-14-10-8-13(9-11-14)16(24)12-27-19(26)15-6-3-4-7-17(15)28-20(21)22/h3-4,6-11,20H,2,5,12H2,1H3,(H,23,25). The van der Waals surface area contributed by atoms with Crippen LogP contribution in [0, 0.1) is 0 Å². The van der Waals surface area contributed by atoms with Crippen molar-refractivity contribution < 1.29 is 27.9 Å². The van der Waals surface area contributed by atoms with Crippen LogP contribution in [0.4, 0.5) is 14.5 Å². The molecule has 1 N–H and O–H groups in total. The summed E-state index contributed by atoms with van der Waals surface area (Å²) in [5.41, 5.74) is 0.844. The van der Waals surface area contributed by atoms with Gasteiger partial charge < -0.3 is 10.1 Å². The monoisotopic (exact) mass is 407 g/mol. The number of thioether (sulfide) groups is 1. The number of ketones is 1. The Morgan fingerprint density at radius 2 is 1.75 bits per heavy atom. The van der Waals surface area contributed by atoms with Gasteiger partial charge in [0.1, 0.15) is 0 Å². The number of benzene rings is 2. The highest BCUT2D eigenvalue weighted by molar-refractivity contribution is 7.99. The molecule has 0 unspecified atom stereocenters. The summed E-state index contributed by atoms with van der Waals surface area (Å²) < 4.78 is 30.1. The number of ether oxygens (including phenoxy) is 1. The van der Waals surface area contributed by atoms with Gasteiger partial charge in [-0.3, -0.25) is 9.59 Å². The molecule has 0 aliphatic heterocycles. The summed E-state index contributed by atoms with van der Waals surface area (Å²) in [6.07, 6.45) is 1.13. The number of carbonyl (C=O) groups is 3. The normalized spacial score (nSPS) is 10.6. The first-order valence-electron chi connectivity index (χ1n) is 8.54. The number of esters is 1. The maximum atomic E-state index is 12.6. The molecular weight excluding hydrogens is 388 g/mol. The van der Waals surface area contributed by atoms with Gasteiger partial charge in [-0.15, -0.1) is 0 Å². The van der Waals surface area contributed by atoms with E-state index < -0.39 is 24.1 Å². The smallest absolute Gasteiger partial charge is 0.339 e. The average molecular weight is 407 g/mol. The van der Waals surface area contributed by atoms with E-state index in [2.05, 4.69) is 5.32 Å². The van der Waals surface area contributed by atoms with Crippen molar-refractivity contribution in [2.24, 2.45) is 0 Å². The van der Waals surface area contributed by atoms with Crippen molar-refractivity contribution in [3.63, 3.8) is 0 Å². The fraction of sp³-hybridized carbons (Fsp3) is 0.250. The molecule has 2 rings (SSSR count). The van der Waals surface area contributed by atoms with E-state index in [-0.39, 0.29) is 28.1 Å². The third-order valence-corrected chi connectivity index (χ3v) is 4.41. The molecule has 0 aromatic heterocycles. The van der Waals surface area contributed by atoms with E-state index in [4.69, 9.17) is 4.74 Å². The van der Waals surface area contributed by atoms with Crippen LogP contribution in [-0.4, -0.2) is 30.0 Å². The Balaban J connectivity index is 1.95. The van der Waals surface area contributed by atoms with Crippen LogP contribution in [-0.2, 0) is 9.53 Å². The van der Waals surface area contributed by atoms with E-state index in [0.29, 0.717) is 17.7 Å². The molecule has 1 amide bonds. The van der Waals surface area contributed by atoms with Crippen molar-refractivity contribution in [1.82, 2.24) is 0 Å². The van der Waals surface area contributed by atoms with Crippen molar-refractivity contribution in [1.29, 1.82) is 0 Å². The van der Waals surface area contributed by atoms with Gasteiger partial charge >= 0.3 is 5.97 Å². The van der Waals surface area contributed by atoms with Crippen LogP contribution < -0.4 is 5.32 Å². The summed E-state index contributed by atoms with van der Waals surface area (Å²) >= 11 is 0.240. The number of anilines is 1. The summed E-state index contributed by atoms with van der Waals surface area (Å²) in [5.74, 6) is -4.08. The molecule has 2 aromatic rings. The molecule has 2 aromatic carbocycles. The lowest BCUT2D eigenvalue weighted by molar-refractivity contribution is -0.116. The number of hydrogen-bond acceptors (Lipinski definition) is 5. The van der Waals surface area contributed by atoms with Gasteiger partial charge in [-0.25, -0.2) is 4.79 Å². The molecule has 0 spiro atoms. The Hall–Kier alpha value is -2.74. The number of amides is 1. The number of Topliss-reactive ketones (excluding diaryl/α,β-unsaturated/α-hetero) is 1. The number of hydrogen-bond donors (Lipinski definition) is 1. The fourth-order valence-corrected chi connectivity index (χ4v) is 2.94. The highest BCUT2D eigenvalue weighted by atomic mass is 32.2. The van der Waals surface area contributed by atoms with Crippen molar-refractivity contribution >= 4 is 35.1 Å². The van der Waals surface area contributed by atoms with Crippen molar-refractivity contribution in [3.05, 3.63) is 59.7 Å². The summed E-state index contributed by atoms with van der Waals surface area (Å²) in [6, 6.07) is 12.0. The Bertz CT molecular complexity index is 840. The van der Waals surface area contributed by atoms with Gasteiger partial charge in [0.2, 0.25) is 5.91 Å². The van der Waals surface area contributed by atoms with Gasteiger partial charge in [0.05, 0.1) is 5.56 Å². The van der Waals surface area contributed by atoms with Crippen LogP contribution in [0.25, 0.3) is 0 Å². The molecule has 0 saturated carbocycles. The number of nitrogens with one attached hydrogen (secondary N) is 1. The second kappa shape index (κ2) is 10.6. The highest BCUT2D eigenvalue weighted by Gasteiger charge is 2.18. The molecule has 0 heterocycles. The maximum Gasteiger partial charge on any atom is 0.339 e. The van der Waals surface area contributed by atoms with E-state index in [0.717, 1.165) is 6.42 Å². The number of halogens is 2. The van der Waals surface area contributed by atoms with Crippen LogP contribution in [0.2, 0.25) is 0 Å². The van der Waals surface area contributed by atoms with Crippen molar-refractivity contribution in [2.45, 2.75) is 30.4 Å². The molecule has 0 fully saturated rings. The Kier molecular flexibility index (Phi) is 8.13. The fourth-order valence-electron chi connectivity index (χ4n) is 2.32. The first-order chi connectivity index (χ1) is 13.4.